The molecule has 2 heterocycles. The van der Waals surface area contributed by atoms with E-state index in [1.165, 1.54) is 19.6 Å². The second-order valence-electron chi connectivity index (χ2n) is 8.58. The molecule has 2 aromatic heterocycles. The average molecular weight is 487 g/mol. The number of nitrogens with zero attached hydrogens (tertiary/aromatic N) is 2. The van der Waals surface area contributed by atoms with Gasteiger partial charge in [-0.05, 0) is 42.7 Å². The van der Waals surface area contributed by atoms with E-state index in [4.69, 9.17) is 9.47 Å². The molecule has 2 aromatic carbocycles. The van der Waals surface area contributed by atoms with E-state index in [0.29, 0.717) is 36.2 Å². The van der Waals surface area contributed by atoms with Gasteiger partial charge in [0.25, 0.3) is 0 Å². The number of carbonyl (C=O) groups excluding carboxylic acids is 2. The van der Waals surface area contributed by atoms with Crippen LogP contribution < -0.4 is 15.4 Å². The van der Waals surface area contributed by atoms with Crippen LogP contribution >= 0.6 is 0 Å². The van der Waals surface area contributed by atoms with Gasteiger partial charge in [0, 0.05) is 25.4 Å². The van der Waals surface area contributed by atoms with Crippen molar-refractivity contribution in [3.8, 4) is 5.75 Å². The van der Waals surface area contributed by atoms with Crippen LogP contribution in [0.15, 0.2) is 60.8 Å². The number of benzene rings is 2. The maximum atomic E-state index is 12.9. The van der Waals surface area contributed by atoms with Gasteiger partial charge in [-0.1, -0.05) is 42.0 Å². The lowest BCUT2D eigenvalue weighted by molar-refractivity contribution is -0.114. The fraction of sp³-hybridized carbons (Fsp3) is 0.250. The van der Waals surface area contributed by atoms with Gasteiger partial charge in [-0.25, -0.2) is 9.78 Å². The molecule has 0 spiro atoms. The first-order valence-corrected chi connectivity index (χ1v) is 11.7. The van der Waals surface area contributed by atoms with E-state index in [1.807, 2.05) is 30.3 Å². The predicted octanol–water partition coefficient (Wildman–Crippen LogP) is 4.95. The number of hydrogen-bond donors (Lipinski definition) is 2. The van der Waals surface area contributed by atoms with Crippen molar-refractivity contribution < 1.29 is 19.1 Å². The van der Waals surface area contributed by atoms with Crippen molar-refractivity contribution >= 4 is 34.3 Å². The van der Waals surface area contributed by atoms with Crippen molar-refractivity contribution in [1.82, 2.24) is 9.55 Å². The summed E-state index contributed by atoms with van der Waals surface area (Å²) in [4.78, 5) is 29.6. The van der Waals surface area contributed by atoms with E-state index < -0.39 is 5.97 Å². The zero-order valence-corrected chi connectivity index (χ0v) is 20.9. The van der Waals surface area contributed by atoms with Crippen LogP contribution in [-0.2, 0) is 29.0 Å². The summed E-state index contributed by atoms with van der Waals surface area (Å²) in [5.74, 6) is -0.0475. The Labute approximate surface area is 210 Å². The van der Waals surface area contributed by atoms with E-state index in [9.17, 15) is 9.59 Å². The molecule has 0 bridgehead atoms. The van der Waals surface area contributed by atoms with Crippen LogP contribution in [0.4, 0.5) is 11.4 Å². The number of ether oxygens (including phenoxy) is 2. The molecule has 0 radical (unpaired) electrons. The Morgan fingerprint density at radius 3 is 2.33 bits per heavy atom. The Morgan fingerprint density at radius 2 is 1.69 bits per heavy atom. The molecule has 4 aromatic rings. The highest BCUT2D eigenvalue weighted by atomic mass is 16.5. The summed E-state index contributed by atoms with van der Waals surface area (Å²) in [5, 5.41) is 6.87. The Kier molecular flexibility index (Phi) is 7.53. The molecule has 0 saturated heterocycles. The molecular weight excluding hydrogens is 456 g/mol. The molecule has 8 heteroatoms. The maximum Gasteiger partial charge on any atom is 0.356 e. The number of anilines is 2. The molecule has 0 aliphatic rings. The summed E-state index contributed by atoms with van der Waals surface area (Å²) in [5.41, 5.74) is 5.44. The molecule has 36 heavy (non-hydrogen) atoms. The number of aryl methyl sites for hydroxylation is 3. The molecule has 8 nitrogen and oxygen atoms in total. The molecule has 0 aliphatic carbocycles. The monoisotopic (exact) mass is 486 g/mol. The lowest BCUT2D eigenvalue weighted by Crippen LogP contribution is -2.16. The highest BCUT2D eigenvalue weighted by molar-refractivity contribution is 6.10. The number of esters is 1. The van der Waals surface area contributed by atoms with Gasteiger partial charge in [0.2, 0.25) is 5.91 Å². The van der Waals surface area contributed by atoms with Crippen molar-refractivity contribution in [3.05, 3.63) is 83.2 Å². The van der Waals surface area contributed by atoms with Crippen molar-refractivity contribution in [2.24, 2.45) is 0 Å². The molecule has 1 amide bonds. The third-order valence-electron chi connectivity index (χ3n) is 5.98. The van der Waals surface area contributed by atoms with E-state index >= 15 is 0 Å². The normalized spacial score (nSPS) is 10.8. The first kappa shape index (κ1) is 24.8. The van der Waals surface area contributed by atoms with E-state index in [-0.39, 0.29) is 11.6 Å². The highest BCUT2D eigenvalue weighted by Crippen LogP contribution is 2.33. The SMILES string of the molecule is COC(=O)c1c(NC(C)=O)c2cc(NCc3ccc(C)cc3)cnc2n1CCc1ccc(OC)cc1. The standard InChI is InChI=1S/C28H30N4O4/c1-18-5-7-21(8-6-18)16-29-22-15-24-25(31-19(2)33)26(28(34)36-4)32(27(24)30-17-22)14-13-20-9-11-23(35-3)12-10-20/h5-12,15,17,29H,13-14,16H2,1-4H3,(H,31,33). The van der Waals surface area contributed by atoms with Gasteiger partial charge < -0.3 is 24.7 Å². The Balaban J connectivity index is 1.71. The second-order valence-corrected chi connectivity index (χ2v) is 8.58. The summed E-state index contributed by atoms with van der Waals surface area (Å²) in [6.45, 7) is 4.55. The number of amides is 1. The van der Waals surface area contributed by atoms with E-state index in [1.54, 1.807) is 17.9 Å². The van der Waals surface area contributed by atoms with E-state index in [2.05, 4.69) is 46.8 Å². The number of aromatic nitrogens is 2. The van der Waals surface area contributed by atoms with Crippen LogP contribution in [0.2, 0.25) is 0 Å². The molecule has 0 aliphatic heterocycles. The molecule has 2 N–H and O–H groups in total. The molecule has 0 fully saturated rings. The number of methoxy groups -OCH3 is 2. The zero-order chi connectivity index (χ0) is 25.7. The Bertz CT molecular complexity index is 1380. The number of rotatable bonds is 9. The topological polar surface area (TPSA) is 94.5 Å². The average Bonchev–Trinajstić information content (AvgIpc) is 3.18. The van der Waals surface area contributed by atoms with Gasteiger partial charge in [-0.15, -0.1) is 0 Å². The van der Waals surface area contributed by atoms with Crippen LogP contribution in [0.25, 0.3) is 11.0 Å². The summed E-state index contributed by atoms with van der Waals surface area (Å²) < 4.78 is 12.1. The maximum absolute atomic E-state index is 12.9. The van der Waals surface area contributed by atoms with Crippen LogP contribution in [0.3, 0.4) is 0 Å². The number of nitrogens with one attached hydrogen (secondary N) is 2. The third kappa shape index (κ3) is 5.49. The van der Waals surface area contributed by atoms with Crippen LogP contribution in [0.1, 0.15) is 34.1 Å². The number of hydrogen-bond acceptors (Lipinski definition) is 6. The quantitative estimate of drug-likeness (QED) is 0.325. The Morgan fingerprint density at radius 1 is 1.00 bits per heavy atom. The molecule has 0 unspecified atom stereocenters. The predicted molar refractivity (Wildman–Crippen MR) is 141 cm³/mol. The third-order valence-corrected chi connectivity index (χ3v) is 5.98. The largest absolute Gasteiger partial charge is 0.497 e. The van der Waals surface area contributed by atoms with Gasteiger partial charge in [0.1, 0.15) is 11.4 Å². The van der Waals surface area contributed by atoms with Crippen LogP contribution in [0.5, 0.6) is 5.75 Å². The molecule has 0 saturated carbocycles. The Hall–Kier alpha value is -4.33. The van der Waals surface area contributed by atoms with Crippen molar-refractivity contribution in [2.45, 2.75) is 33.4 Å². The fourth-order valence-electron chi connectivity index (χ4n) is 4.09. The van der Waals surface area contributed by atoms with Crippen LogP contribution in [0, 0.1) is 6.92 Å². The lowest BCUT2D eigenvalue weighted by Gasteiger charge is -2.11. The molecular formula is C28H30N4O4. The molecule has 4 rings (SSSR count). The zero-order valence-electron chi connectivity index (χ0n) is 20.9. The van der Waals surface area contributed by atoms with Gasteiger partial charge in [-0.2, -0.15) is 0 Å². The lowest BCUT2D eigenvalue weighted by atomic mass is 10.1. The number of carbonyl (C=O) groups is 2. The second kappa shape index (κ2) is 10.9. The first-order chi connectivity index (χ1) is 17.4. The van der Waals surface area contributed by atoms with Gasteiger partial charge in [0.05, 0.1) is 31.8 Å². The number of pyridine rings is 1. The van der Waals surface area contributed by atoms with Gasteiger partial charge in [0.15, 0.2) is 5.69 Å². The summed E-state index contributed by atoms with van der Waals surface area (Å²) in [7, 11) is 2.95. The molecule has 0 atom stereocenters. The minimum atomic E-state index is -0.541. The minimum absolute atomic E-state index is 0.263. The molecule has 186 valence electrons. The van der Waals surface area contributed by atoms with Crippen molar-refractivity contribution in [1.29, 1.82) is 0 Å². The fourth-order valence-corrected chi connectivity index (χ4v) is 4.09. The number of fused-ring (bicyclic) bond motifs is 1. The highest BCUT2D eigenvalue weighted by Gasteiger charge is 2.25. The first-order valence-electron chi connectivity index (χ1n) is 11.7. The van der Waals surface area contributed by atoms with Gasteiger partial charge in [-0.3, -0.25) is 4.79 Å². The summed E-state index contributed by atoms with van der Waals surface area (Å²) in [6, 6.07) is 17.9. The summed E-state index contributed by atoms with van der Waals surface area (Å²) in [6.07, 6.45) is 2.38. The minimum Gasteiger partial charge on any atom is -0.497 e. The van der Waals surface area contributed by atoms with Gasteiger partial charge >= 0.3 is 5.97 Å². The van der Waals surface area contributed by atoms with E-state index in [0.717, 1.165) is 22.6 Å². The van der Waals surface area contributed by atoms with Crippen molar-refractivity contribution in [3.63, 3.8) is 0 Å². The van der Waals surface area contributed by atoms with Crippen LogP contribution in [-0.4, -0.2) is 35.6 Å². The summed E-state index contributed by atoms with van der Waals surface area (Å²) >= 11 is 0. The smallest absolute Gasteiger partial charge is 0.356 e. The van der Waals surface area contributed by atoms with Crippen molar-refractivity contribution in [2.75, 3.05) is 24.9 Å².